The Morgan fingerprint density at radius 3 is 2.70 bits per heavy atom. The van der Waals surface area contributed by atoms with Gasteiger partial charge in [-0.05, 0) is 25.1 Å². The molecule has 0 fully saturated rings. The predicted molar refractivity (Wildman–Crippen MR) is 86.0 cm³/mol. The molecule has 3 aromatic heterocycles. The molecule has 110 valence electrons. The maximum absolute atomic E-state index is 12.6. The van der Waals surface area contributed by atoms with Crippen LogP contribution in [-0.2, 0) is 7.05 Å². The minimum absolute atomic E-state index is 0. The average molecular weight is 334 g/mol. The van der Waals surface area contributed by atoms with Crippen LogP contribution in [0.3, 0.4) is 0 Å². The summed E-state index contributed by atoms with van der Waals surface area (Å²) in [4.78, 5) is 28.9. The van der Waals surface area contributed by atoms with Crippen molar-refractivity contribution in [2.45, 2.75) is 6.92 Å². The Hall–Kier alpha value is -1.67. The van der Waals surface area contributed by atoms with E-state index in [0.29, 0.717) is 21.7 Å². The van der Waals surface area contributed by atoms with Crippen molar-refractivity contribution in [3.05, 3.63) is 56.7 Å². The Morgan fingerprint density at radius 2 is 1.96 bits per heavy atom. The van der Waals surface area contributed by atoms with Crippen molar-refractivity contribution in [1.82, 2.24) is 19.3 Å². The summed E-state index contributed by atoms with van der Waals surface area (Å²) in [5.41, 5.74) is 1.42. The van der Waals surface area contributed by atoms with Gasteiger partial charge in [-0.1, -0.05) is 23.5 Å². The molecule has 0 N–H and O–H groups in total. The molecule has 1 aromatic carbocycles. The number of pyridine rings is 1. The SMILES string of the molecule is Cc1c2c(=O)n(-c3nc4ccccc4s3)[n-]c2cc(=O)n1C.[Na+]. The van der Waals surface area contributed by atoms with E-state index in [1.54, 1.807) is 14.0 Å². The molecule has 0 unspecified atom stereocenters. The maximum atomic E-state index is 12.6. The third-order valence-corrected chi connectivity index (χ3v) is 4.80. The van der Waals surface area contributed by atoms with Crippen molar-refractivity contribution in [2.24, 2.45) is 7.05 Å². The zero-order chi connectivity index (χ0) is 15.4. The number of nitrogens with zero attached hydrogens (tertiary/aromatic N) is 4. The first kappa shape index (κ1) is 16.2. The Kier molecular flexibility index (Phi) is 4.05. The third-order valence-electron chi connectivity index (χ3n) is 3.79. The van der Waals surface area contributed by atoms with E-state index in [-0.39, 0.29) is 40.7 Å². The van der Waals surface area contributed by atoms with E-state index in [1.165, 1.54) is 26.7 Å². The summed E-state index contributed by atoms with van der Waals surface area (Å²) < 4.78 is 3.72. The van der Waals surface area contributed by atoms with E-state index < -0.39 is 0 Å². The smallest absolute Gasteiger partial charge is 0.585 e. The predicted octanol–water partition coefficient (Wildman–Crippen LogP) is -1.43. The van der Waals surface area contributed by atoms with Crippen LogP contribution in [0.25, 0.3) is 26.3 Å². The van der Waals surface area contributed by atoms with Gasteiger partial charge in [0.25, 0.3) is 0 Å². The third kappa shape index (κ3) is 2.40. The Bertz CT molecular complexity index is 1120. The minimum Gasteiger partial charge on any atom is -0.585 e. The van der Waals surface area contributed by atoms with Gasteiger partial charge in [-0.2, -0.15) is 0 Å². The van der Waals surface area contributed by atoms with E-state index in [2.05, 4.69) is 10.1 Å². The molecule has 0 bridgehead atoms. The van der Waals surface area contributed by atoms with Gasteiger partial charge in [0, 0.05) is 18.1 Å². The molecule has 0 atom stereocenters. The van der Waals surface area contributed by atoms with Crippen LogP contribution in [0.1, 0.15) is 5.69 Å². The summed E-state index contributed by atoms with van der Waals surface area (Å²) in [7, 11) is 1.64. The normalized spacial score (nSPS) is 11.0. The van der Waals surface area contributed by atoms with Crippen LogP contribution in [0.15, 0.2) is 39.9 Å². The summed E-state index contributed by atoms with van der Waals surface area (Å²) in [6.45, 7) is 1.75. The Morgan fingerprint density at radius 1 is 1.22 bits per heavy atom. The second-order valence-electron chi connectivity index (χ2n) is 5.07. The van der Waals surface area contributed by atoms with Crippen LogP contribution in [0.2, 0.25) is 0 Å². The van der Waals surface area contributed by atoms with Gasteiger partial charge in [0.2, 0.25) is 11.1 Å². The van der Waals surface area contributed by atoms with Gasteiger partial charge in [0.1, 0.15) is 0 Å². The number of para-hydroxylation sites is 1. The van der Waals surface area contributed by atoms with E-state index in [0.717, 1.165) is 10.2 Å². The molecular formula is C15H11N4NaO2S. The molecule has 0 saturated carbocycles. The van der Waals surface area contributed by atoms with E-state index in [9.17, 15) is 9.59 Å². The quantitative estimate of drug-likeness (QED) is 0.400. The van der Waals surface area contributed by atoms with Gasteiger partial charge >= 0.3 is 29.6 Å². The first-order valence-corrected chi connectivity index (χ1v) is 7.50. The van der Waals surface area contributed by atoms with Gasteiger partial charge < -0.3 is 14.3 Å². The first-order valence-electron chi connectivity index (χ1n) is 6.68. The van der Waals surface area contributed by atoms with Crippen LogP contribution >= 0.6 is 11.3 Å². The molecule has 0 radical (unpaired) electrons. The van der Waals surface area contributed by atoms with Crippen LogP contribution in [-0.4, -0.2) is 14.2 Å². The number of aromatic nitrogens is 4. The summed E-state index contributed by atoms with van der Waals surface area (Å²) in [6.07, 6.45) is 0. The first-order chi connectivity index (χ1) is 10.6. The zero-order valence-electron chi connectivity index (χ0n) is 12.9. The number of aryl methyl sites for hydroxylation is 1. The van der Waals surface area contributed by atoms with Crippen LogP contribution in [0, 0.1) is 6.92 Å². The van der Waals surface area contributed by atoms with Crippen LogP contribution < -0.4 is 45.8 Å². The number of hydrogen-bond donors (Lipinski definition) is 0. The number of fused-ring (bicyclic) bond motifs is 2. The molecule has 0 aliphatic carbocycles. The van der Waals surface area contributed by atoms with Gasteiger partial charge in [0.05, 0.1) is 10.2 Å². The van der Waals surface area contributed by atoms with E-state index >= 15 is 0 Å². The molecule has 0 saturated heterocycles. The Labute approximate surface area is 156 Å². The summed E-state index contributed by atoms with van der Waals surface area (Å²) >= 11 is 1.40. The maximum Gasteiger partial charge on any atom is 1.00 e. The second kappa shape index (κ2) is 5.76. The molecule has 0 amide bonds. The molecule has 3 heterocycles. The van der Waals surface area contributed by atoms with Gasteiger partial charge in [-0.3, -0.25) is 9.59 Å². The number of rotatable bonds is 1. The molecule has 23 heavy (non-hydrogen) atoms. The summed E-state index contributed by atoms with van der Waals surface area (Å²) in [6, 6.07) is 9.05. The van der Waals surface area contributed by atoms with E-state index in [4.69, 9.17) is 0 Å². The van der Waals surface area contributed by atoms with Crippen LogP contribution in [0.5, 0.6) is 0 Å². The van der Waals surface area contributed by atoms with Gasteiger partial charge in [0.15, 0.2) is 5.13 Å². The molecule has 8 heteroatoms. The fourth-order valence-corrected chi connectivity index (χ4v) is 3.40. The van der Waals surface area contributed by atoms with E-state index in [1.807, 2.05) is 24.3 Å². The van der Waals surface area contributed by atoms with Crippen molar-refractivity contribution < 1.29 is 29.6 Å². The number of benzene rings is 1. The standard InChI is InChI=1S/C15H12N4O2S.Na/c1-8-13-10(7-12(20)18(8)2)17-19(14(13)21)15-16-9-5-3-4-6-11(9)22-15;/h3-7H,1-2H3,(H,17,20);/q;+1/p-1. The fraction of sp³-hybridized carbons (Fsp3) is 0.133. The van der Waals surface area contributed by atoms with Crippen molar-refractivity contribution in [3.8, 4) is 5.13 Å². The largest absolute Gasteiger partial charge is 1.00 e. The molecular weight excluding hydrogens is 323 g/mol. The molecule has 0 aliphatic heterocycles. The molecule has 0 spiro atoms. The molecule has 6 nitrogen and oxygen atoms in total. The van der Waals surface area contributed by atoms with Crippen molar-refractivity contribution >= 4 is 32.5 Å². The topological polar surface area (TPSA) is 71.0 Å². The van der Waals surface area contributed by atoms with Crippen LogP contribution in [0.4, 0.5) is 0 Å². The fourth-order valence-electron chi connectivity index (χ4n) is 2.49. The second-order valence-corrected chi connectivity index (χ2v) is 6.08. The summed E-state index contributed by atoms with van der Waals surface area (Å²) in [5.74, 6) is 0. The summed E-state index contributed by atoms with van der Waals surface area (Å²) in [5, 5.41) is 5.25. The van der Waals surface area contributed by atoms with Crippen molar-refractivity contribution in [2.75, 3.05) is 0 Å². The number of thiazole rings is 1. The van der Waals surface area contributed by atoms with Gasteiger partial charge in [-0.25, -0.2) is 4.98 Å². The Balaban J connectivity index is 0.00000156. The zero-order valence-corrected chi connectivity index (χ0v) is 15.7. The molecule has 0 aliphatic rings. The minimum atomic E-state index is -0.248. The van der Waals surface area contributed by atoms with Gasteiger partial charge in [-0.15, -0.1) is 5.52 Å². The monoisotopic (exact) mass is 334 g/mol. The van der Waals surface area contributed by atoms with Crippen molar-refractivity contribution in [1.29, 1.82) is 0 Å². The van der Waals surface area contributed by atoms with Crippen molar-refractivity contribution in [3.63, 3.8) is 0 Å². The molecule has 4 rings (SSSR count). The average Bonchev–Trinajstić information content (AvgIpc) is 3.06. The molecule has 4 aromatic rings. The number of hydrogen-bond acceptors (Lipinski definition) is 4.